The van der Waals surface area contributed by atoms with Gasteiger partial charge in [0, 0.05) is 16.6 Å². The normalized spacial score (nSPS) is 10.9. The first-order valence-electron chi connectivity index (χ1n) is 8.92. The van der Waals surface area contributed by atoms with Gasteiger partial charge in [0.25, 0.3) is 5.69 Å². The van der Waals surface area contributed by atoms with Gasteiger partial charge in [-0.1, -0.05) is 34.1 Å². The fraction of sp³-hybridized carbons (Fsp3) is 0.0870. The third-order valence-corrected chi connectivity index (χ3v) is 4.84. The van der Waals surface area contributed by atoms with Crippen LogP contribution in [0.3, 0.4) is 0 Å². The van der Waals surface area contributed by atoms with Crippen LogP contribution < -0.4 is 9.47 Å². The highest BCUT2D eigenvalue weighted by Crippen LogP contribution is 2.31. The van der Waals surface area contributed by atoms with Crippen LogP contribution in [-0.4, -0.2) is 12.0 Å². The van der Waals surface area contributed by atoms with E-state index in [1.165, 1.54) is 12.1 Å². The summed E-state index contributed by atoms with van der Waals surface area (Å²) in [5.74, 6) is 1.13. The maximum absolute atomic E-state index is 10.8. The van der Waals surface area contributed by atoms with Crippen molar-refractivity contribution in [2.24, 2.45) is 0 Å². The average Bonchev–Trinajstić information content (AvgIpc) is 2.77. The Morgan fingerprint density at radius 1 is 1.10 bits per heavy atom. The first-order valence-corrected chi connectivity index (χ1v) is 9.71. The smallest absolute Gasteiger partial charge is 0.269 e. The molecule has 0 saturated carbocycles. The van der Waals surface area contributed by atoms with E-state index in [0.717, 1.165) is 15.6 Å². The summed E-state index contributed by atoms with van der Waals surface area (Å²) in [5, 5.41) is 20.3. The van der Waals surface area contributed by atoms with Gasteiger partial charge in [-0.2, -0.15) is 5.26 Å². The first kappa shape index (κ1) is 21.1. The maximum Gasteiger partial charge on any atom is 0.269 e. The number of hydrogen-bond donors (Lipinski definition) is 0. The number of nitriles is 1. The van der Waals surface area contributed by atoms with E-state index in [2.05, 4.69) is 22.0 Å². The molecule has 0 spiro atoms. The monoisotopic (exact) mass is 464 g/mol. The van der Waals surface area contributed by atoms with Crippen molar-refractivity contribution in [1.29, 1.82) is 5.26 Å². The molecule has 3 aromatic rings. The second-order valence-corrected chi connectivity index (χ2v) is 7.21. The molecule has 3 rings (SSSR count). The van der Waals surface area contributed by atoms with Gasteiger partial charge in [0.2, 0.25) is 0 Å². The van der Waals surface area contributed by atoms with Crippen LogP contribution in [0.1, 0.15) is 16.7 Å². The van der Waals surface area contributed by atoms with Gasteiger partial charge in [0.05, 0.1) is 23.7 Å². The van der Waals surface area contributed by atoms with Crippen molar-refractivity contribution in [3.8, 4) is 17.6 Å². The lowest BCUT2D eigenvalue weighted by Gasteiger charge is -2.12. The fourth-order valence-corrected chi connectivity index (χ4v) is 3.01. The standard InChI is InChI=1S/C23H17BrN2O4/c1-29-23-13-17(4-11-22(23)30-15-16-2-7-20(24)8-3-16)12-19(14-25)18-5-9-21(10-6-18)26(27)28/h2-13H,15H2,1H3/b19-12-. The van der Waals surface area contributed by atoms with E-state index >= 15 is 0 Å². The molecule has 7 heteroatoms. The Morgan fingerprint density at radius 2 is 1.80 bits per heavy atom. The van der Waals surface area contributed by atoms with Crippen molar-refractivity contribution < 1.29 is 14.4 Å². The third kappa shape index (κ3) is 5.25. The minimum atomic E-state index is -0.475. The Labute approximate surface area is 182 Å². The molecule has 3 aromatic carbocycles. The van der Waals surface area contributed by atoms with Crippen molar-refractivity contribution in [3.63, 3.8) is 0 Å². The number of methoxy groups -OCH3 is 1. The number of nitro benzene ring substituents is 1. The lowest BCUT2D eigenvalue weighted by atomic mass is 10.0. The highest BCUT2D eigenvalue weighted by Gasteiger charge is 2.09. The summed E-state index contributed by atoms with van der Waals surface area (Å²) in [6, 6.07) is 21.2. The molecule has 0 radical (unpaired) electrons. The summed E-state index contributed by atoms with van der Waals surface area (Å²) in [6.45, 7) is 0.394. The predicted octanol–water partition coefficient (Wildman–Crippen LogP) is 6.01. The van der Waals surface area contributed by atoms with E-state index in [4.69, 9.17) is 9.47 Å². The molecule has 0 fully saturated rings. The van der Waals surface area contributed by atoms with Crippen LogP contribution in [0.15, 0.2) is 71.2 Å². The van der Waals surface area contributed by atoms with Crippen molar-refractivity contribution in [2.75, 3.05) is 7.11 Å². The first-order chi connectivity index (χ1) is 14.5. The Bertz CT molecular complexity index is 1120. The number of allylic oxidation sites excluding steroid dienone is 1. The Morgan fingerprint density at radius 3 is 2.40 bits per heavy atom. The largest absolute Gasteiger partial charge is 0.493 e. The molecular formula is C23H17BrN2O4. The summed E-state index contributed by atoms with van der Waals surface area (Å²) < 4.78 is 12.3. The SMILES string of the molecule is COc1cc(/C=C(/C#N)c2ccc([N+](=O)[O-])cc2)ccc1OCc1ccc(Br)cc1. The maximum atomic E-state index is 10.8. The molecule has 6 nitrogen and oxygen atoms in total. The highest BCUT2D eigenvalue weighted by atomic mass is 79.9. The van der Waals surface area contributed by atoms with Gasteiger partial charge in [-0.15, -0.1) is 0 Å². The highest BCUT2D eigenvalue weighted by molar-refractivity contribution is 9.10. The summed E-state index contributed by atoms with van der Waals surface area (Å²) in [7, 11) is 1.55. The van der Waals surface area contributed by atoms with E-state index in [0.29, 0.717) is 29.2 Å². The average molecular weight is 465 g/mol. The van der Waals surface area contributed by atoms with Crippen molar-refractivity contribution in [2.45, 2.75) is 6.61 Å². The molecule has 0 N–H and O–H groups in total. The predicted molar refractivity (Wildman–Crippen MR) is 118 cm³/mol. The van der Waals surface area contributed by atoms with Gasteiger partial charge < -0.3 is 9.47 Å². The molecular weight excluding hydrogens is 448 g/mol. The molecule has 0 bridgehead atoms. The molecule has 0 aliphatic heterocycles. The number of rotatable bonds is 7. The quantitative estimate of drug-likeness (QED) is 0.185. The van der Waals surface area contributed by atoms with E-state index in [9.17, 15) is 15.4 Å². The van der Waals surface area contributed by atoms with Crippen LogP contribution >= 0.6 is 15.9 Å². The summed E-state index contributed by atoms with van der Waals surface area (Å²) in [6.07, 6.45) is 1.70. The van der Waals surface area contributed by atoms with Crippen LogP contribution in [0.25, 0.3) is 11.6 Å². The zero-order valence-corrected chi connectivity index (χ0v) is 17.6. The molecule has 150 valence electrons. The molecule has 0 heterocycles. The summed E-state index contributed by atoms with van der Waals surface area (Å²) in [4.78, 5) is 10.3. The molecule has 0 unspecified atom stereocenters. The number of non-ortho nitro benzene ring substituents is 1. The zero-order valence-electron chi connectivity index (χ0n) is 16.0. The lowest BCUT2D eigenvalue weighted by molar-refractivity contribution is -0.384. The van der Waals surface area contributed by atoms with E-state index in [-0.39, 0.29) is 5.69 Å². The molecule has 0 aliphatic carbocycles. The Balaban J connectivity index is 1.80. The molecule has 0 aliphatic rings. The molecule has 0 saturated heterocycles. The van der Waals surface area contributed by atoms with Gasteiger partial charge >= 0.3 is 0 Å². The van der Waals surface area contributed by atoms with Crippen LogP contribution in [0.4, 0.5) is 5.69 Å². The summed E-state index contributed by atoms with van der Waals surface area (Å²) >= 11 is 3.41. The second kappa shape index (κ2) is 9.72. The lowest BCUT2D eigenvalue weighted by Crippen LogP contribution is -1.98. The molecule has 0 amide bonds. The van der Waals surface area contributed by atoms with Crippen LogP contribution in [-0.2, 0) is 6.61 Å². The molecule has 0 aromatic heterocycles. The van der Waals surface area contributed by atoms with Crippen molar-refractivity contribution >= 4 is 33.3 Å². The van der Waals surface area contributed by atoms with E-state index < -0.39 is 4.92 Å². The Hall–Kier alpha value is -3.63. The number of halogens is 1. The number of benzene rings is 3. The second-order valence-electron chi connectivity index (χ2n) is 6.30. The topological polar surface area (TPSA) is 85.4 Å². The van der Waals surface area contributed by atoms with Gasteiger partial charge in [0.1, 0.15) is 6.61 Å². The number of nitrogens with zero attached hydrogens (tertiary/aromatic N) is 2. The molecule has 0 atom stereocenters. The van der Waals surface area contributed by atoms with Gasteiger partial charge in [-0.3, -0.25) is 10.1 Å². The fourth-order valence-electron chi connectivity index (χ4n) is 2.74. The number of nitro groups is 1. The number of hydrogen-bond acceptors (Lipinski definition) is 5. The van der Waals surface area contributed by atoms with Gasteiger partial charge in [-0.25, -0.2) is 0 Å². The van der Waals surface area contributed by atoms with Crippen LogP contribution in [0.5, 0.6) is 11.5 Å². The Kier molecular flexibility index (Phi) is 6.83. The van der Waals surface area contributed by atoms with Crippen LogP contribution in [0, 0.1) is 21.4 Å². The van der Waals surface area contributed by atoms with E-state index in [1.807, 2.05) is 30.3 Å². The van der Waals surface area contributed by atoms with Gasteiger partial charge in [0.15, 0.2) is 11.5 Å². The molecule has 30 heavy (non-hydrogen) atoms. The zero-order chi connectivity index (χ0) is 21.5. The van der Waals surface area contributed by atoms with Crippen molar-refractivity contribution in [1.82, 2.24) is 0 Å². The van der Waals surface area contributed by atoms with Crippen LogP contribution in [0.2, 0.25) is 0 Å². The minimum Gasteiger partial charge on any atom is -0.493 e. The summed E-state index contributed by atoms with van der Waals surface area (Å²) in [5.41, 5.74) is 2.73. The minimum absolute atomic E-state index is 0.0232. The number of ether oxygens (including phenoxy) is 2. The third-order valence-electron chi connectivity index (χ3n) is 4.32. The van der Waals surface area contributed by atoms with Crippen molar-refractivity contribution in [3.05, 3.63) is 98.0 Å². The van der Waals surface area contributed by atoms with E-state index in [1.54, 1.807) is 37.5 Å². The van der Waals surface area contributed by atoms with Gasteiger partial charge in [-0.05, 0) is 59.2 Å².